The van der Waals surface area contributed by atoms with Crippen molar-refractivity contribution in [2.45, 2.75) is 33.1 Å². The van der Waals surface area contributed by atoms with Crippen molar-refractivity contribution in [2.75, 3.05) is 6.61 Å². The molecule has 0 saturated heterocycles. The zero-order valence-corrected chi connectivity index (χ0v) is 13.0. The first kappa shape index (κ1) is 17.3. The van der Waals surface area contributed by atoms with Gasteiger partial charge in [-0.15, -0.1) is 6.58 Å². The first-order valence-electron chi connectivity index (χ1n) is 7.18. The van der Waals surface area contributed by atoms with E-state index >= 15 is 0 Å². The van der Waals surface area contributed by atoms with Crippen LogP contribution in [0.15, 0.2) is 29.3 Å². The molecule has 0 aliphatic rings. The van der Waals surface area contributed by atoms with Gasteiger partial charge in [-0.25, -0.2) is 4.99 Å². The first-order chi connectivity index (χ1) is 10.7. The van der Waals surface area contributed by atoms with Gasteiger partial charge in [0.05, 0.1) is 6.61 Å². The SMILES string of the molecule is C=CCC/C=C(C)/C=N/c1[nH]c(OCCC)c(C#N)c1C#N. The van der Waals surface area contributed by atoms with Crippen LogP contribution in [0.3, 0.4) is 0 Å². The molecule has 5 nitrogen and oxygen atoms in total. The van der Waals surface area contributed by atoms with Gasteiger partial charge in [0, 0.05) is 6.21 Å². The lowest BCUT2D eigenvalue weighted by molar-refractivity contribution is 0.306. The summed E-state index contributed by atoms with van der Waals surface area (Å²) >= 11 is 0. The van der Waals surface area contributed by atoms with Crippen molar-refractivity contribution in [3.8, 4) is 18.0 Å². The Morgan fingerprint density at radius 2 is 2.05 bits per heavy atom. The Balaban J connectivity index is 3.02. The third kappa shape index (κ3) is 4.64. The Bertz CT molecular complexity index is 653. The highest BCUT2D eigenvalue weighted by molar-refractivity contribution is 5.81. The number of aliphatic imine (C=N–C) groups is 1. The highest BCUT2D eigenvalue weighted by Gasteiger charge is 2.17. The average Bonchev–Trinajstić information content (AvgIpc) is 2.87. The predicted molar refractivity (Wildman–Crippen MR) is 87.3 cm³/mol. The average molecular weight is 296 g/mol. The van der Waals surface area contributed by atoms with E-state index in [9.17, 15) is 10.5 Å². The first-order valence-corrected chi connectivity index (χ1v) is 7.18. The number of nitriles is 2. The Kier molecular flexibility index (Phi) is 7.22. The maximum Gasteiger partial charge on any atom is 0.212 e. The van der Waals surface area contributed by atoms with Crippen LogP contribution in [0.1, 0.15) is 44.2 Å². The fourth-order valence-electron chi connectivity index (χ4n) is 1.74. The molecule has 1 rings (SSSR count). The van der Waals surface area contributed by atoms with Crippen molar-refractivity contribution in [1.82, 2.24) is 4.98 Å². The summed E-state index contributed by atoms with van der Waals surface area (Å²) in [4.78, 5) is 7.17. The van der Waals surface area contributed by atoms with Gasteiger partial charge in [0.25, 0.3) is 0 Å². The monoisotopic (exact) mass is 296 g/mol. The summed E-state index contributed by atoms with van der Waals surface area (Å²) in [5, 5.41) is 18.4. The molecule has 0 saturated carbocycles. The summed E-state index contributed by atoms with van der Waals surface area (Å²) in [5.41, 5.74) is 1.40. The zero-order valence-electron chi connectivity index (χ0n) is 13.0. The number of H-pyrrole nitrogens is 1. The molecular formula is C17H20N4O. The van der Waals surface area contributed by atoms with Crippen molar-refractivity contribution in [1.29, 1.82) is 10.5 Å². The quantitative estimate of drug-likeness (QED) is 0.444. The largest absolute Gasteiger partial charge is 0.478 e. The van der Waals surface area contributed by atoms with Gasteiger partial charge in [0.15, 0.2) is 5.82 Å². The van der Waals surface area contributed by atoms with E-state index in [0.717, 1.165) is 24.8 Å². The standard InChI is InChI=1S/C17H20N4O/c1-4-6-7-8-13(3)12-20-16-14(10-18)15(11-19)17(21-16)22-9-5-2/h4,8,12,21H,1,5-7,9H2,2-3H3/b13-8+,20-12+. The lowest BCUT2D eigenvalue weighted by Crippen LogP contribution is -1.96. The Labute approximate surface area is 131 Å². The van der Waals surface area contributed by atoms with Crippen molar-refractivity contribution in [2.24, 2.45) is 4.99 Å². The number of ether oxygens (including phenoxy) is 1. The molecule has 0 bridgehead atoms. The van der Waals surface area contributed by atoms with Gasteiger partial charge in [-0.2, -0.15) is 10.5 Å². The number of unbranched alkanes of at least 4 members (excludes halogenated alkanes) is 1. The van der Waals surface area contributed by atoms with Crippen LogP contribution in [0.5, 0.6) is 5.88 Å². The number of nitrogens with zero attached hydrogens (tertiary/aromatic N) is 3. The van der Waals surface area contributed by atoms with Gasteiger partial charge in [0.1, 0.15) is 23.3 Å². The van der Waals surface area contributed by atoms with Gasteiger partial charge in [-0.1, -0.05) is 19.1 Å². The fraction of sp³-hybridized carbons (Fsp3) is 0.353. The molecule has 1 N–H and O–H groups in total. The molecular weight excluding hydrogens is 276 g/mol. The normalized spacial score (nSPS) is 11.2. The van der Waals surface area contributed by atoms with Crippen LogP contribution < -0.4 is 4.74 Å². The second-order valence-electron chi connectivity index (χ2n) is 4.70. The van der Waals surface area contributed by atoms with E-state index in [1.54, 1.807) is 6.21 Å². The minimum atomic E-state index is 0.205. The summed E-state index contributed by atoms with van der Waals surface area (Å²) in [5.74, 6) is 0.656. The number of nitrogens with one attached hydrogen (secondary N) is 1. The number of aromatic nitrogens is 1. The summed E-state index contributed by atoms with van der Waals surface area (Å²) in [6.07, 6.45) is 8.18. The molecule has 0 atom stereocenters. The van der Waals surface area contributed by atoms with E-state index in [0.29, 0.717) is 18.3 Å². The van der Waals surface area contributed by atoms with Gasteiger partial charge in [-0.3, -0.25) is 0 Å². The van der Waals surface area contributed by atoms with E-state index in [1.165, 1.54) is 0 Å². The van der Waals surface area contributed by atoms with Crippen LogP contribution in [0.25, 0.3) is 0 Å². The molecule has 1 aromatic rings. The van der Waals surface area contributed by atoms with Crippen LogP contribution in [0.4, 0.5) is 5.82 Å². The number of hydrogen-bond acceptors (Lipinski definition) is 4. The molecule has 0 amide bonds. The minimum absolute atomic E-state index is 0.205. The number of hydrogen-bond donors (Lipinski definition) is 1. The molecule has 0 radical (unpaired) electrons. The molecule has 0 fully saturated rings. The number of allylic oxidation sites excluding steroid dienone is 3. The van der Waals surface area contributed by atoms with Gasteiger partial charge in [0.2, 0.25) is 5.88 Å². The predicted octanol–water partition coefficient (Wildman–Crippen LogP) is 4.16. The van der Waals surface area contributed by atoms with E-state index in [1.807, 2.05) is 38.1 Å². The molecule has 1 heterocycles. The Morgan fingerprint density at radius 1 is 1.32 bits per heavy atom. The summed E-state index contributed by atoms with van der Waals surface area (Å²) in [7, 11) is 0. The van der Waals surface area contributed by atoms with Gasteiger partial charge < -0.3 is 9.72 Å². The lowest BCUT2D eigenvalue weighted by atomic mass is 10.2. The summed E-state index contributed by atoms with van der Waals surface area (Å²) in [6, 6.07) is 4.00. The van der Waals surface area contributed by atoms with E-state index in [2.05, 4.69) is 16.6 Å². The Morgan fingerprint density at radius 3 is 2.64 bits per heavy atom. The van der Waals surface area contributed by atoms with Crippen LogP contribution in [0, 0.1) is 22.7 Å². The van der Waals surface area contributed by atoms with Crippen LogP contribution in [0.2, 0.25) is 0 Å². The second-order valence-corrected chi connectivity index (χ2v) is 4.70. The second kappa shape index (κ2) is 9.20. The third-order valence-corrected chi connectivity index (χ3v) is 2.85. The van der Waals surface area contributed by atoms with Gasteiger partial charge >= 0.3 is 0 Å². The van der Waals surface area contributed by atoms with E-state index < -0.39 is 0 Å². The van der Waals surface area contributed by atoms with E-state index in [4.69, 9.17) is 4.74 Å². The molecule has 0 spiro atoms. The number of rotatable bonds is 8. The molecule has 5 heteroatoms. The molecule has 1 aromatic heterocycles. The van der Waals surface area contributed by atoms with Gasteiger partial charge in [-0.05, 0) is 31.8 Å². The smallest absolute Gasteiger partial charge is 0.212 e. The van der Waals surface area contributed by atoms with Crippen LogP contribution in [-0.4, -0.2) is 17.8 Å². The van der Waals surface area contributed by atoms with Crippen molar-refractivity contribution in [3.05, 3.63) is 35.4 Å². The third-order valence-electron chi connectivity index (χ3n) is 2.85. The maximum atomic E-state index is 9.23. The molecule has 22 heavy (non-hydrogen) atoms. The Hall–Kier alpha value is -2.79. The number of aromatic amines is 1. The summed E-state index contributed by atoms with van der Waals surface area (Å²) < 4.78 is 5.46. The molecule has 0 aromatic carbocycles. The van der Waals surface area contributed by atoms with E-state index in [-0.39, 0.29) is 11.1 Å². The van der Waals surface area contributed by atoms with Crippen molar-refractivity contribution >= 4 is 12.0 Å². The lowest BCUT2D eigenvalue weighted by Gasteiger charge is -2.00. The molecule has 0 aliphatic carbocycles. The van der Waals surface area contributed by atoms with Crippen molar-refractivity contribution in [3.63, 3.8) is 0 Å². The molecule has 0 unspecified atom stereocenters. The molecule has 0 aliphatic heterocycles. The molecule has 114 valence electrons. The van der Waals surface area contributed by atoms with Crippen LogP contribution in [-0.2, 0) is 0 Å². The highest BCUT2D eigenvalue weighted by Crippen LogP contribution is 2.29. The fourth-order valence-corrected chi connectivity index (χ4v) is 1.74. The maximum absolute atomic E-state index is 9.23. The summed E-state index contributed by atoms with van der Waals surface area (Å²) in [6.45, 7) is 8.05. The highest BCUT2D eigenvalue weighted by atomic mass is 16.5. The zero-order chi connectivity index (χ0) is 16.4. The topological polar surface area (TPSA) is 85.0 Å². The minimum Gasteiger partial charge on any atom is -0.478 e. The van der Waals surface area contributed by atoms with Crippen LogP contribution >= 0.6 is 0 Å². The van der Waals surface area contributed by atoms with Crippen molar-refractivity contribution < 1.29 is 4.74 Å².